The van der Waals surface area contributed by atoms with E-state index in [4.69, 9.17) is 0 Å². The summed E-state index contributed by atoms with van der Waals surface area (Å²) in [6, 6.07) is 7.07. The van der Waals surface area contributed by atoms with Crippen molar-refractivity contribution >= 4 is 15.7 Å². The average Bonchev–Trinajstić information content (AvgIpc) is 2.24. The lowest BCUT2D eigenvalue weighted by Crippen LogP contribution is -2.49. The molecule has 82 valence electrons. The number of hydrogen-bond acceptors (Lipinski definition) is 3. The van der Waals surface area contributed by atoms with Crippen molar-refractivity contribution in [2.45, 2.75) is 18.0 Å². The van der Waals surface area contributed by atoms with Gasteiger partial charge in [0, 0.05) is 14.1 Å². The molecule has 0 fully saturated rings. The topological polar surface area (TPSA) is 40.6 Å². The van der Waals surface area contributed by atoms with E-state index in [9.17, 15) is 8.42 Å². The summed E-state index contributed by atoms with van der Waals surface area (Å²) in [4.78, 5) is 2.34. The van der Waals surface area contributed by atoms with Crippen LogP contribution in [0.1, 0.15) is 6.92 Å². The van der Waals surface area contributed by atoms with Gasteiger partial charge in [-0.15, -0.1) is 0 Å². The predicted octanol–water partition coefficient (Wildman–Crippen LogP) is 1.10. The van der Waals surface area contributed by atoms with Crippen LogP contribution in [0.2, 0.25) is 0 Å². The second-order valence-corrected chi connectivity index (χ2v) is 5.70. The molecule has 5 heteroatoms. The lowest BCUT2D eigenvalue weighted by molar-refractivity contribution is 0.373. The van der Waals surface area contributed by atoms with Crippen molar-refractivity contribution in [3.8, 4) is 0 Å². The Kier molecular flexibility index (Phi) is 2.24. The fraction of sp³-hybridized carbons (Fsp3) is 0.400. The minimum atomic E-state index is -3.31. The summed E-state index contributed by atoms with van der Waals surface area (Å²) in [5.41, 5.74) is 0.767. The smallest absolute Gasteiger partial charge is 0.246 e. The Morgan fingerprint density at radius 1 is 1.20 bits per heavy atom. The molecule has 1 aliphatic rings. The van der Waals surface area contributed by atoms with Crippen LogP contribution < -0.4 is 4.90 Å². The lowest BCUT2D eigenvalue weighted by atomic mass is 10.3. The SMILES string of the molecule is CC1N(C)c2ccccc2S(=O)(=O)N1C. The van der Waals surface area contributed by atoms with Gasteiger partial charge in [0.05, 0.1) is 11.9 Å². The van der Waals surface area contributed by atoms with E-state index in [-0.39, 0.29) is 6.17 Å². The molecule has 0 amide bonds. The Balaban J connectivity index is 2.72. The van der Waals surface area contributed by atoms with Crippen LogP contribution in [0.3, 0.4) is 0 Å². The van der Waals surface area contributed by atoms with Crippen molar-refractivity contribution < 1.29 is 8.42 Å². The minimum Gasteiger partial charge on any atom is -0.357 e. The molecule has 4 nitrogen and oxygen atoms in total. The summed E-state index contributed by atoms with van der Waals surface area (Å²) in [5.74, 6) is 0. The van der Waals surface area contributed by atoms with E-state index in [1.165, 1.54) is 4.31 Å². The third kappa shape index (κ3) is 1.34. The fourth-order valence-electron chi connectivity index (χ4n) is 1.77. The normalized spacial score (nSPS) is 25.0. The number of rotatable bonds is 0. The number of nitrogens with zero attached hydrogens (tertiary/aromatic N) is 2. The molecule has 1 aromatic carbocycles. The van der Waals surface area contributed by atoms with E-state index in [1.807, 2.05) is 31.0 Å². The largest absolute Gasteiger partial charge is 0.357 e. The predicted molar refractivity (Wildman–Crippen MR) is 59.3 cm³/mol. The van der Waals surface area contributed by atoms with Crippen LogP contribution >= 0.6 is 0 Å². The number of sulfonamides is 1. The zero-order chi connectivity index (χ0) is 11.2. The molecule has 0 aromatic heterocycles. The summed E-state index contributed by atoms with van der Waals surface area (Å²) >= 11 is 0. The van der Waals surface area contributed by atoms with Crippen LogP contribution in [0, 0.1) is 0 Å². The number of para-hydroxylation sites is 1. The Labute approximate surface area is 90.2 Å². The van der Waals surface area contributed by atoms with Crippen molar-refractivity contribution in [3.05, 3.63) is 24.3 Å². The van der Waals surface area contributed by atoms with Crippen LogP contribution in [0.4, 0.5) is 5.69 Å². The van der Waals surface area contributed by atoms with Crippen molar-refractivity contribution in [1.82, 2.24) is 4.31 Å². The van der Waals surface area contributed by atoms with Gasteiger partial charge in [-0.25, -0.2) is 8.42 Å². The first-order valence-electron chi connectivity index (χ1n) is 4.76. The third-order valence-electron chi connectivity index (χ3n) is 2.99. The lowest BCUT2D eigenvalue weighted by Gasteiger charge is -2.39. The molecule has 0 saturated carbocycles. The Morgan fingerprint density at radius 2 is 1.80 bits per heavy atom. The molecule has 0 N–H and O–H groups in total. The average molecular weight is 226 g/mol. The minimum absolute atomic E-state index is 0.148. The van der Waals surface area contributed by atoms with E-state index < -0.39 is 10.0 Å². The van der Waals surface area contributed by atoms with E-state index in [1.54, 1.807) is 19.2 Å². The zero-order valence-corrected chi connectivity index (χ0v) is 9.82. The van der Waals surface area contributed by atoms with Crippen molar-refractivity contribution in [2.24, 2.45) is 0 Å². The Morgan fingerprint density at radius 3 is 2.47 bits per heavy atom. The standard InChI is InChI=1S/C10H14N2O2S/c1-8-11(2)9-6-4-5-7-10(9)15(13,14)12(8)3/h4-8H,1-3H3. The number of anilines is 1. The van der Waals surface area contributed by atoms with Gasteiger partial charge in [-0.3, -0.25) is 0 Å². The molecule has 2 rings (SSSR count). The first-order valence-corrected chi connectivity index (χ1v) is 6.20. The molecule has 0 aliphatic carbocycles. The third-order valence-corrected chi connectivity index (χ3v) is 4.95. The monoisotopic (exact) mass is 226 g/mol. The van der Waals surface area contributed by atoms with Gasteiger partial charge in [-0.05, 0) is 19.1 Å². The van der Waals surface area contributed by atoms with Crippen LogP contribution in [-0.4, -0.2) is 33.0 Å². The van der Waals surface area contributed by atoms with E-state index >= 15 is 0 Å². The highest BCUT2D eigenvalue weighted by Crippen LogP contribution is 2.33. The van der Waals surface area contributed by atoms with Gasteiger partial charge in [-0.2, -0.15) is 4.31 Å². The van der Waals surface area contributed by atoms with Gasteiger partial charge in [0.1, 0.15) is 4.90 Å². The molecule has 0 bridgehead atoms. The highest BCUT2D eigenvalue weighted by molar-refractivity contribution is 7.89. The van der Waals surface area contributed by atoms with Gasteiger partial charge in [0.15, 0.2) is 0 Å². The van der Waals surface area contributed by atoms with Gasteiger partial charge in [0.25, 0.3) is 0 Å². The summed E-state index contributed by atoms with van der Waals surface area (Å²) in [6.07, 6.45) is -0.148. The molecule has 1 heterocycles. The molecule has 1 aromatic rings. The molecule has 15 heavy (non-hydrogen) atoms. The number of benzene rings is 1. The Bertz CT molecular complexity index is 484. The van der Waals surface area contributed by atoms with Gasteiger partial charge in [-0.1, -0.05) is 12.1 Å². The summed E-state index contributed by atoms with van der Waals surface area (Å²) in [7, 11) is 0.190. The number of hydrogen-bond donors (Lipinski definition) is 0. The highest BCUT2D eigenvalue weighted by atomic mass is 32.2. The second-order valence-electron chi connectivity index (χ2n) is 3.73. The molecule has 1 aliphatic heterocycles. The van der Waals surface area contributed by atoms with Crippen molar-refractivity contribution in [2.75, 3.05) is 19.0 Å². The molecule has 1 atom stereocenters. The first kappa shape index (κ1) is 10.4. The maximum atomic E-state index is 12.1. The van der Waals surface area contributed by atoms with Gasteiger partial charge >= 0.3 is 0 Å². The van der Waals surface area contributed by atoms with Gasteiger partial charge < -0.3 is 4.90 Å². The zero-order valence-electron chi connectivity index (χ0n) is 9.01. The van der Waals surface area contributed by atoms with E-state index in [0.717, 1.165) is 5.69 Å². The molecule has 1 unspecified atom stereocenters. The molecule has 0 radical (unpaired) electrons. The molecule has 0 spiro atoms. The van der Waals surface area contributed by atoms with Gasteiger partial charge in [0.2, 0.25) is 10.0 Å². The van der Waals surface area contributed by atoms with Crippen LogP contribution in [-0.2, 0) is 10.0 Å². The van der Waals surface area contributed by atoms with Crippen molar-refractivity contribution in [3.63, 3.8) is 0 Å². The summed E-state index contributed by atoms with van der Waals surface area (Å²) < 4.78 is 25.5. The Hall–Kier alpha value is -1.07. The maximum absolute atomic E-state index is 12.1. The summed E-state index contributed by atoms with van der Waals surface area (Å²) in [6.45, 7) is 1.87. The van der Waals surface area contributed by atoms with E-state index in [2.05, 4.69) is 0 Å². The fourth-order valence-corrected chi connectivity index (χ4v) is 3.35. The first-order chi connectivity index (χ1) is 6.96. The quantitative estimate of drug-likeness (QED) is 0.665. The number of fused-ring (bicyclic) bond motifs is 1. The van der Waals surface area contributed by atoms with Crippen LogP contribution in [0.25, 0.3) is 0 Å². The van der Waals surface area contributed by atoms with Crippen LogP contribution in [0.5, 0.6) is 0 Å². The highest BCUT2D eigenvalue weighted by Gasteiger charge is 2.35. The molecule has 0 saturated heterocycles. The molecular weight excluding hydrogens is 212 g/mol. The molecular formula is C10H14N2O2S. The maximum Gasteiger partial charge on any atom is 0.246 e. The van der Waals surface area contributed by atoms with E-state index in [0.29, 0.717) is 4.90 Å². The van der Waals surface area contributed by atoms with Crippen molar-refractivity contribution in [1.29, 1.82) is 0 Å². The second kappa shape index (κ2) is 3.21. The summed E-state index contributed by atoms with van der Waals surface area (Å²) in [5, 5.41) is 0. The van der Waals surface area contributed by atoms with Crippen LogP contribution in [0.15, 0.2) is 29.2 Å².